The Kier molecular flexibility index (Phi) is 4.80. The van der Waals surface area contributed by atoms with E-state index >= 15 is 0 Å². The van der Waals surface area contributed by atoms with Crippen molar-refractivity contribution >= 4 is 21.6 Å². The summed E-state index contributed by atoms with van der Waals surface area (Å²) in [7, 11) is -3.72. The number of nitrogens with one attached hydrogen (secondary N) is 1. The van der Waals surface area contributed by atoms with Crippen molar-refractivity contribution in [3.8, 4) is 0 Å². The molecule has 1 amide bonds. The van der Waals surface area contributed by atoms with Gasteiger partial charge in [-0.15, -0.1) is 0 Å². The third-order valence-electron chi connectivity index (χ3n) is 4.09. The molecule has 1 aromatic carbocycles. The van der Waals surface area contributed by atoms with E-state index < -0.39 is 10.0 Å². The second-order valence-corrected chi connectivity index (χ2v) is 7.63. The lowest BCUT2D eigenvalue weighted by molar-refractivity contribution is 0.0944. The van der Waals surface area contributed by atoms with Gasteiger partial charge in [0.1, 0.15) is 11.3 Å². The van der Waals surface area contributed by atoms with Gasteiger partial charge in [0.2, 0.25) is 10.0 Å². The normalized spacial score (nSPS) is 11.7. The number of hydrogen-bond acceptors (Lipinski definition) is 4. The number of rotatable bonds is 5. The molecule has 0 atom stereocenters. The van der Waals surface area contributed by atoms with Gasteiger partial charge in [0.05, 0.1) is 10.6 Å². The van der Waals surface area contributed by atoms with Crippen LogP contribution in [0.15, 0.2) is 47.5 Å². The summed E-state index contributed by atoms with van der Waals surface area (Å²) in [4.78, 5) is 17.3. The SMILES string of the molecule is CCc1nc2ccc(C)cn2c1C(=O)NCc1ccc(S(N)(=O)=O)cc1. The van der Waals surface area contributed by atoms with Crippen LogP contribution in [-0.4, -0.2) is 23.7 Å². The van der Waals surface area contributed by atoms with Crippen LogP contribution in [0.25, 0.3) is 5.65 Å². The lowest BCUT2D eigenvalue weighted by atomic mass is 10.2. The number of nitrogens with zero attached hydrogens (tertiary/aromatic N) is 2. The van der Waals surface area contributed by atoms with Gasteiger partial charge in [-0.1, -0.05) is 25.1 Å². The van der Waals surface area contributed by atoms with E-state index in [1.807, 2.05) is 32.2 Å². The molecular formula is C18H20N4O3S. The molecule has 0 aliphatic rings. The van der Waals surface area contributed by atoms with Gasteiger partial charge in [-0.2, -0.15) is 0 Å². The molecule has 3 rings (SSSR count). The molecular weight excluding hydrogens is 352 g/mol. The highest BCUT2D eigenvalue weighted by Crippen LogP contribution is 2.15. The Bertz CT molecular complexity index is 1070. The standard InChI is InChI=1S/C18H20N4O3S/c1-3-15-17(22-11-12(2)4-9-16(22)21-15)18(23)20-10-13-5-7-14(8-6-13)26(19,24)25/h4-9,11H,3,10H2,1-2H3,(H,20,23)(H2,19,24,25). The van der Waals surface area contributed by atoms with E-state index in [9.17, 15) is 13.2 Å². The maximum atomic E-state index is 12.7. The predicted molar refractivity (Wildman–Crippen MR) is 98.3 cm³/mol. The summed E-state index contributed by atoms with van der Waals surface area (Å²) in [5.74, 6) is -0.226. The summed E-state index contributed by atoms with van der Waals surface area (Å²) in [6, 6.07) is 9.93. The van der Waals surface area contributed by atoms with Gasteiger partial charge < -0.3 is 5.32 Å². The summed E-state index contributed by atoms with van der Waals surface area (Å²) >= 11 is 0. The smallest absolute Gasteiger partial charge is 0.270 e. The molecule has 0 spiro atoms. The molecule has 3 N–H and O–H groups in total. The third-order valence-corrected chi connectivity index (χ3v) is 5.02. The number of primary sulfonamides is 1. The number of amides is 1. The Labute approximate surface area is 151 Å². The van der Waals surface area contributed by atoms with Gasteiger partial charge in [0.15, 0.2) is 0 Å². The zero-order valence-electron chi connectivity index (χ0n) is 14.6. The highest BCUT2D eigenvalue weighted by molar-refractivity contribution is 7.89. The van der Waals surface area contributed by atoms with Crippen LogP contribution in [-0.2, 0) is 23.0 Å². The molecule has 136 valence electrons. The molecule has 2 aromatic heterocycles. The number of hydrogen-bond donors (Lipinski definition) is 2. The van der Waals surface area contributed by atoms with Gasteiger partial charge in [0.25, 0.3) is 5.91 Å². The van der Waals surface area contributed by atoms with Crippen molar-refractivity contribution in [3.63, 3.8) is 0 Å². The fourth-order valence-corrected chi connectivity index (χ4v) is 3.27. The van der Waals surface area contributed by atoms with E-state index in [0.29, 0.717) is 12.1 Å². The van der Waals surface area contributed by atoms with Crippen LogP contribution in [0.1, 0.15) is 34.2 Å². The van der Waals surface area contributed by atoms with E-state index in [1.54, 1.807) is 16.5 Å². The highest BCUT2D eigenvalue weighted by Gasteiger charge is 2.18. The molecule has 0 bridgehead atoms. The van der Waals surface area contributed by atoms with Crippen molar-refractivity contribution in [3.05, 3.63) is 65.1 Å². The Morgan fingerprint density at radius 3 is 2.50 bits per heavy atom. The molecule has 0 fully saturated rings. The van der Waals surface area contributed by atoms with E-state index in [2.05, 4.69) is 10.3 Å². The second kappa shape index (κ2) is 6.89. The van der Waals surface area contributed by atoms with Crippen LogP contribution in [0.3, 0.4) is 0 Å². The van der Waals surface area contributed by atoms with E-state index in [-0.39, 0.29) is 17.3 Å². The molecule has 7 nitrogen and oxygen atoms in total. The van der Waals surface area contributed by atoms with Crippen molar-refractivity contribution in [1.82, 2.24) is 14.7 Å². The van der Waals surface area contributed by atoms with Crippen LogP contribution in [0.2, 0.25) is 0 Å². The molecule has 0 radical (unpaired) electrons. The fourth-order valence-electron chi connectivity index (χ4n) is 2.75. The molecule has 3 aromatic rings. The van der Waals surface area contributed by atoms with Crippen LogP contribution in [0.5, 0.6) is 0 Å². The molecule has 0 aliphatic heterocycles. The number of fused-ring (bicyclic) bond motifs is 1. The topological polar surface area (TPSA) is 107 Å². The van der Waals surface area contributed by atoms with Gasteiger partial charge in [-0.3, -0.25) is 9.20 Å². The molecule has 8 heteroatoms. The summed E-state index contributed by atoms with van der Waals surface area (Å²) in [5, 5.41) is 7.95. The Morgan fingerprint density at radius 2 is 1.88 bits per heavy atom. The van der Waals surface area contributed by atoms with Crippen LogP contribution in [0, 0.1) is 6.92 Å². The summed E-state index contributed by atoms with van der Waals surface area (Å²) in [6.07, 6.45) is 2.53. The van der Waals surface area contributed by atoms with E-state index in [0.717, 1.165) is 22.5 Å². The molecule has 0 aliphatic carbocycles. The molecule has 0 unspecified atom stereocenters. The first kappa shape index (κ1) is 18.1. The van der Waals surface area contributed by atoms with Crippen molar-refractivity contribution in [1.29, 1.82) is 0 Å². The van der Waals surface area contributed by atoms with E-state index in [1.165, 1.54) is 12.1 Å². The van der Waals surface area contributed by atoms with Gasteiger partial charge in [0, 0.05) is 12.7 Å². The number of nitrogens with two attached hydrogens (primary N) is 1. The van der Waals surface area contributed by atoms with Crippen molar-refractivity contribution < 1.29 is 13.2 Å². The number of imidazole rings is 1. The quantitative estimate of drug-likeness (QED) is 0.712. The van der Waals surface area contributed by atoms with Gasteiger partial charge >= 0.3 is 0 Å². The van der Waals surface area contributed by atoms with Gasteiger partial charge in [-0.25, -0.2) is 18.5 Å². The van der Waals surface area contributed by atoms with Crippen molar-refractivity contribution in [2.24, 2.45) is 5.14 Å². The van der Waals surface area contributed by atoms with Gasteiger partial charge in [-0.05, 0) is 42.7 Å². The Hall–Kier alpha value is -2.71. The molecule has 0 saturated heterocycles. The Balaban J connectivity index is 1.82. The zero-order chi connectivity index (χ0) is 18.9. The number of aromatic nitrogens is 2. The maximum absolute atomic E-state index is 12.7. The van der Waals surface area contributed by atoms with Crippen LogP contribution in [0.4, 0.5) is 0 Å². The number of carbonyl (C=O) groups is 1. The summed E-state index contributed by atoms with van der Waals surface area (Å²) in [5.41, 5.74) is 3.79. The first-order valence-electron chi connectivity index (χ1n) is 8.17. The minimum absolute atomic E-state index is 0.0399. The largest absolute Gasteiger partial charge is 0.347 e. The van der Waals surface area contributed by atoms with E-state index in [4.69, 9.17) is 5.14 Å². The number of pyridine rings is 1. The monoisotopic (exact) mass is 372 g/mol. The first-order chi connectivity index (χ1) is 12.3. The maximum Gasteiger partial charge on any atom is 0.270 e. The van der Waals surface area contributed by atoms with Crippen molar-refractivity contribution in [2.45, 2.75) is 31.7 Å². The number of carbonyl (C=O) groups excluding carboxylic acids is 1. The summed E-state index contributed by atoms with van der Waals surface area (Å²) < 4.78 is 24.4. The second-order valence-electron chi connectivity index (χ2n) is 6.07. The minimum Gasteiger partial charge on any atom is -0.347 e. The third kappa shape index (κ3) is 3.61. The average Bonchev–Trinajstić information content (AvgIpc) is 2.97. The highest BCUT2D eigenvalue weighted by atomic mass is 32.2. The summed E-state index contributed by atoms with van der Waals surface area (Å²) in [6.45, 7) is 4.18. The number of sulfonamides is 1. The lowest BCUT2D eigenvalue weighted by Gasteiger charge is -2.08. The minimum atomic E-state index is -3.72. The lowest BCUT2D eigenvalue weighted by Crippen LogP contribution is -2.25. The Morgan fingerprint density at radius 1 is 1.19 bits per heavy atom. The average molecular weight is 372 g/mol. The number of benzene rings is 1. The van der Waals surface area contributed by atoms with Crippen LogP contribution < -0.4 is 10.5 Å². The molecule has 26 heavy (non-hydrogen) atoms. The molecule has 0 saturated carbocycles. The number of aryl methyl sites for hydroxylation is 2. The predicted octanol–water partition coefficient (Wildman–Crippen LogP) is 1.78. The molecule has 2 heterocycles. The first-order valence-corrected chi connectivity index (χ1v) is 9.71. The van der Waals surface area contributed by atoms with Crippen LogP contribution >= 0.6 is 0 Å². The van der Waals surface area contributed by atoms with Crippen molar-refractivity contribution in [2.75, 3.05) is 0 Å². The fraction of sp³-hybridized carbons (Fsp3) is 0.222. The zero-order valence-corrected chi connectivity index (χ0v) is 15.4.